The minimum absolute atomic E-state index is 0.295. The molecule has 0 aliphatic heterocycles. The summed E-state index contributed by atoms with van der Waals surface area (Å²) in [6, 6.07) is 0. The van der Waals surface area contributed by atoms with E-state index in [1.165, 1.54) is 0 Å². The van der Waals surface area contributed by atoms with Gasteiger partial charge in [0, 0.05) is 18.8 Å². The summed E-state index contributed by atoms with van der Waals surface area (Å²) in [5, 5.41) is 3.35. The second-order valence-corrected chi connectivity index (χ2v) is 3.67. The number of halogens is 1. The highest BCUT2D eigenvalue weighted by Crippen LogP contribution is 2.32. The minimum Gasteiger partial charge on any atom is -0.373 e. The van der Waals surface area contributed by atoms with Crippen molar-refractivity contribution in [2.45, 2.75) is 18.8 Å². The van der Waals surface area contributed by atoms with E-state index in [0.29, 0.717) is 11.2 Å². The fourth-order valence-corrected chi connectivity index (χ4v) is 1.87. The molecule has 0 radical (unpaired) electrons. The Balaban J connectivity index is 2.32. The minimum atomic E-state index is 0.295. The van der Waals surface area contributed by atoms with Crippen molar-refractivity contribution in [3.8, 4) is 0 Å². The van der Waals surface area contributed by atoms with Crippen molar-refractivity contribution in [3.05, 3.63) is 29.2 Å². The number of anilines is 1. The Kier molecular flexibility index (Phi) is 2.68. The largest absolute Gasteiger partial charge is 0.373 e. The number of aromatic nitrogens is 2. The maximum Gasteiger partial charge on any atom is 0.224 e. The van der Waals surface area contributed by atoms with E-state index in [9.17, 15) is 0 Å². The topological polar surface area (TPSA) is 37.8 Å². The molecule has 0 atom stereocenters. The first kappa shape index (κ1) is 9.46. The third-order valence-corrected chi connectivity index (χ3v) is 2.65. The molecule has 0 amide bonds. The van der Waals surface area contributed by atoms with Crippen LogP contribution in [0.1, 0.15) is 24.3 Å². The van der Waals surface area contributed by atoms with E-state index in [1.54, 1.807) is 0 Å². The van der Waals surface area contributed by atoms with Crippen LogP contribution in [-0.2, 0) is 0 Å². The van der Waals surface area contributed by atoms with Crippen LogP contribution in [0.2, 0.25) is 5.28 Å². The third-order valence-electron chi connectivity index (χ3n) is 2.47. The zero-order chi connectivity index (χ0) is 9.97. The van der Waals surface area contributed by atoms with Crippen LogP contribution in [0.15, 0.2) is 18.3 Å². The molecule has 1 N–H and O–H groups in total. The molecule has 3 nitrogen and oxygen atoms in total. The Hall–Kier alpha value is -1.09. The molecule has 1 aliphatic rings. The maximum absolute atomic E-state index is 5.72. The highest BCUT2D eigenvalue weighted by Gasteiger charge is 2.17. The molecular weight excluding hydrogens is 198 g/mol. The van der Waals surface area contributed by atoms with Gasteiger partial charge in [-0.25, -0.2) is 9.97 Å². The molecule has 0 bridgehead atoms. The summed E-state index contributed by atoms with van der Waals surface area (Å²) in [7, 11) is 1.85. The number of nitrogens with zero attached hydrogens (tertiary/aromatic N) is 2. The van der Waals surface area contributed by atoms with E-state index in [1.807, 2.05) is 13.2 Å². The maximum atomic E-state index is 5.72. The van der Waals surface area contributed by atoms with Crippen LogP contribution in [0.3, 0.4) is 0 Å². The van der Waals surface area contributed by atoms with Crippen molar-refractivity contribution in [1.82, 2.24) is 9.97 Å². The fourth-order valence-electron chi connectivity index (χ4n) is 1.74. The van der Waals surface area contributed by atoms with Crippen molar-refractivity contribution in [3.63, 3.8) is 0 Å². The Morgan fingerprint density at radius 1 is 1.43 bits per heavy atom. The molecule has 0 fully saturated rings. The summed E-state index contributed by atoms with van der Waals surface area (Å²) in [5.74, 6) is 1.36. The summed E-state index contributed by atoms with van der Waals surface area (Å²) in [6.45, 7) is 0. The SMILES string of the molecule is CNc1nc(Cl)ncc1C1CC=CC1. The van der Waals surface area contributed by atoms with Gasteiger partial charge in [-0.15, -0.1) is 0 Å². The molecule has 4 heteroatoms. The number of rotatable bonds is 2. The van der Waals surface area contributed by atoms with Gasteiger partial charge >= 0.3 is 0 Å². The molecule has 1 aromatic heterocycles. The number of hydrogen-bond donors (Lipinski definition) is 1. The second-order valence-electron chi connectivity index (χ2n) is 3.33. The molecule has 74 valence electrons. The molecule has 0 saturated heterocycles. The average molecular weight is 210 g/mol. The van der Waals surface area contributed by atoms with Crippen molar-refractivity contribution in [2.75, 3.05) is 12.4 Å². The molecule has 0 unspecified atom stereocenters. The third kappa shape index (κ3) is 1.73. The lowest BCUT2D eigenvalue weighted by Gasteiger charge is -2.13. The number of hydrogen-bond acceptors (Lipinski definition) is 3. The lowest BCUT2D eigenvalue weighted by atomic mass is 9.99. The zero-order valence-corrected chi connectivity index (χ0v) is 8.75. The smallest absolute Gasteiger partial charge is 0.224 e. The molecule has 14 heavy (non-hydrogen) atoms. The summed E-state index contributed by atoms with van der Waals surface area (Å²) in [5.41, 5.74) is 1.15. The predicted molar refractivity (Wildman–Crippen MR) is 57.7 cm³/mol. The number of nitrogens with one attached hydrogen (secondary N) is 1. The highest BCUT2D eigenvalue weighted by atomic mass is 35.5. The van der Waals surface area contributed by atoms with Gasteiger partial charge in [0.15, 0.2) is 0 Å². The van der Waals surface area contributed by atoms with Crippen LogP contribution < -0.4 is 5.32 Å². The van der Waals surface area contributed by atoms with Crippen molar-refractivity contribution >= 4 is 17.4 Å². The van der Waals surface area contributed by atoms with E-state index in [4.69, 9.17) is 11.6 Å². The summed E-state index contributed by atoms with van der Waals surface area (Å²) in [6.07, 6.45) is 8.34. The van der Waals surface area contributed by atoms with Crippen LogP contribution in [0.25, 0.3) is 0 Å². The number of allylic oxidation sites excluding steroid dienone is 2. The first-order valence-electron chi connectivity index (χ1n) is 4.66. The first-order valence-corrected chi connectivity index (χ1v) is 5.04. The zero-order valence-electron chi connectivity index (χ0n) is 8.00. The summed E-state index contributed by atoms with van der Waals surface area (Å²) >= 11 is 5.72. The Bertz CT molecular complexity index is 354. The molecule has 0 spiro atoms. The molecule has 2 rings (SSSR count). The van der Waals surface area contributed by atoms with Gasteiger partial charge in [-0.3, -0.25) is 0 Å². The van der Waals surface area contributed by atoms with Gasteiger partial charge in [-0.1, -0.05) is 12.2 Å². The summed E-state index contributed by atoms with van der Waals surface area (Å²) < 4.78 is 0. The van der Waals surface area contributed by atoms with Gasteiger partial charge < -0.3 is 5.32 Å². The van der Waals surface area contributed by atoms with Crippen molar-refractivity contribution in [2.24, 2.45) is 0 Å². The average Bonchev–Trinajstić information content (AvgIpc) is 2.70. The van der Waals surface area contributed by atoms with Crippen LogP contribution >= 0.6 is 11.6 Å². The Morgan fingerprint density at radius 3 is 2.79 bits per heavy atom. The van der Waals surface area contributed by atoms with Crippen LogP contribution in [-0.4, -0.2) is 17.0 Å². The van der Waals surface area contributed by atoms with Gasteiger partial charge in [0.05, 0.1) is 0 Å². The standard InChI is InChI=1S/C10H12ClN3/c1-12-9-8(6-13-10(11)14-9)7-4-2-3-5-7/h2-3,6-7H,4-5H2,1H3,(H,12,13,14). The van der Waals surface area contributed by atoms with Gasteiger partial charge in [-0.05, 0) is 30.4 Å². The van der Waals surface area contributed by atoms with Gasteiger partial charge in [-0.2, -0.15) is 0 Å². The van der Waals surface area contributed by atoms with E-state index in [2.05, 4.69) is 27.4 Å². The Morgan fingerprint density at radius 2 is 2.14 bits per heavy atom. The van der Waals surface area contributed by atoms with Crippen molar-refractivity contribution < 1.29 is 0 Å². The van der Waals surface area contributed by atoms with Crippen LogP contribution in [0, 0.1) is 0 Å². The van der Waals surface area contributed by atoms with Crippen molar-refractivity contribution in [1.29, 1.82) is 0 Å². The molecule has 1 aromatic rings. The lowest BCUT2D eigenvalue weighted by molar-refractivity contribution is 0.745. The van der Waals surface area contributed by atoms with Crippen LogP contribution in [0.5, 0.6) is 0 Å². The van der Waals surface area contributed by atoms with Gasteiger partial charge in [0.25, 0.3) is 0 Å². The predicted octanol–water partition coefficient (Wildman–Crippen LogP) is 2.61. The Labute approximate surface area is 88.2 Å². The normalized spacial score (nSPS) is 16.1. The first-order chi connectivity index (χ1) is 6.81. The van der Waals surface area contributed by atoms with Gasteiger partial charge in [0.2, 0.25) is 5.28 Å². The molecule has 0 aromatic carbocycles. The van der Waals surface area contributed by atoms with E-state index in [0.717, 1.165) is 24.2 Å². The van der Waals surface area contributed by atoms with Gasteiger partial charge in [0.1, 0.15) is 5.82 Å². The van der Waals surface area contributed by atoms with Crippen LogP contribution in [0.4, 0.5) is 5.82 Å². The monoisotopic (exact) mass is 209 g/mol. The van der Waals surface area contributed by atoms with E-state index >= 15 is 0 Å². The molecule has 1 heterocycles. The second kappa shape index (κ2) is 3.96. The fraction of sp³-hybridized carbons (Fsp3) is 0.400. The molecule has 0 saturated carbocycles. The molecular formula is C10H12ClN3. The highest BCUT2D eigenvalue weighted by molar-refractivity contribution is 6.28. The lowest BCUT2D eigenvalue weighted by Crippen LogP contribution is -2.03. The van der Waals surface area contributed by atoms with E-state index < -0.39 is 0 Å². The quantitative estimate of drug-likeness (QED) is 0.601. The van der Waals surface area contributed by atoms with E-state index in [-0.39, 0.29) is 0 Å². The molecule has 1 aliphatic carbocycles. The summed E-state index contributed by atoms with van der Waals surface area (Å²) in [4.78, 5) is 8.17.